The summed E-state index contributed by atoms with van der Waals surface area (Å²) >= 11 is 0. The van der Waals surface area contributed by atoms with Crippen molar-refractivity contribution in [2.45, 2.75) is 23.2 Å². The average Bonchev–Trinajstić information content (AvgIpc) is 3.45. The molecule has 3 N–H and O–H groups in total. The Morgan fingerprint density at radius 1 is 0.903 bits per heavy atom. The van der Waals surface area contributed by atoms with Gasteiger partial charge in [-0.25, -0.2) is 13.6 Å². The summed E-state index contributed by atoms with van der Waals surface area (Å²) in [5, 5.41) is 8.22. The second kappa shape index (κ2) is 7.11. The monoisotopic (exact) mass is 436 g/mol. The van der Waals surface area contributed by atoms with E-state index in [1.54, 1.807) is 24.3 Å². The van der Waals surface area contributed by atoms with Gasteiger partial charge in [-0.3, -0.25) is 4.79 Å². The van der Waals surface area contributed by atoms with Crippen LogP contribution in [0.15, 0.2) is 71.6 Å². The molecule has 1 amide bonds. The summed E-state index contributed by atoms with van der Waals surface area (Å²) in [7, 11) is -3.77. The Kier molecular flexibility index (Phi) is 4.49. The Hall–Kier alpha value is -3.36. The van der Waals surface area contributed by atoms with Gasteiger partial charge in [-0.15, -0.1) is 0 Å². The number of hydrogen-bond donors (Lipinski definition) is 2. The maximum atomic E-state index is 13.0. The summed E-state index contributed by atoms with van der Waals surface area (Å²) < 4.78 is 34.0. The molecule has 1 fully saturated rings. The fourth-order valence-electron chi connectivity index (χ4n) is 3.82. The molecule has 1 aliphatic heterocycles. The van der Waals surface area contributed by atoms with Gasteiger partial charge in [0.2, 0.25) is 22.7 Å². The highest BCUT2D eigenvalue weighted by Crippen LogP contribution is 2.51. The zero-order valence-corrected chi connectivity index (χ0v) is 17.3. The Bertz CT molecular complexity index is 1280. The fourth-order valence-corrected chi connectivity index (χ4v) is 4.37. The van der Waals surface area contributed by atoms with Crippen molar-refractivity contribution >= 4 is 21.6 Å². The van der Waals surface area contributed by atoms with E-state index in [0.29, 0.717) is 17.2 Å². The van der Waals surface area contributed by atoms with E-state index in [1.807, 2.05) is 30.3 Å². The number of hydrogen-bond acceptors (Lipinski definition) is 5. The van der Waals surface area contributed by atoms with E-state index >= 15 is 0 Å². The molecule has 31 heavy (non-hydrogen) atoms. The van der Waals surface area contributed by atoms with Crippen molar-refractivity contribution in [1.29, 1.82) is 0 Å². The zero-order valence-electron chi connectivity index (χ0n) is 16.5. The van der Waals surface area contributed by atoms with Crippen LogP contribution < -0.4 is 19.9 Å². The predicted octanol–water partition coefficient (Wildman–Crippen LogP) is 3.40. The number of anilines is 1. The number of nitrogens with two attached hydrogens (primary N) is 1. The van der Waals surface area contributed by atoms with Gasteiger partial charge >= 0.3 is 0 Å². The molecule has 158 valence electrons. The maximum absolute atomic E-state index is 13.0. The first-order valence-electron chi connectivity index (χ1n) is 9.80. The number of fused-ring (bicyclic) bond motifs is 1. The molecule has 0 bridgehead atoms. The number of primary sulfonamides is 1. The highest BCUT2D eigenvalue weighted by Gasteiger charge is 2.51. The number of sulfonamides is 1. The van der Waals surface area contributed by atoms with Crippen molar-refractivity contribution in [2.24, 2.45) is 5.14 Å². The summed E-state index contributed by atoms with van der Waals surface area (Å²) in [5.74, 6) is 1.31. The van der Waals surface area contributed by atoms with Crippen LogP contribution in [0.1, 0.15) is 18.4 Å². The van der Waals surface area contributed by atoms with Gasteiger partial charge in [0.15, 0.2) is 11.5 Å². The van der Waals surface area contributed by atoms with E-state index in [4.69, 9.17) is 14.6 Å². The lowest BCUT2D eigenvalue weighted by atomic mass is 9.94. The molecule has 1 aliphatic carbocycles. The highest BCUT2D eigenvalue weighted by molar-refractivity contribution is 7.89. The molecule has 0 aromatic heterocycles. The van der Waals surface area contributed by atoms with Gasteiger partial charge in [0, 0.05) is 5.69 Å². The third-order valence-corrected chi connectivity index (χ3v) is 6.66. The average molecular weight is 436 g/mol. The van der Waals surface area contributed by atoms with Crippen LogP contribution in [0.3, 0.4) is 0 Å². The first-order valence-corrected chi connectivity index (χ1v) is 11.3. The third-order valence-electron chi connectivity index (χ3n) is 5.75. The van der Waals surface area contributed by atoms with Crippen LogP contribution in [0.4, 0.5) is 5.69 Å². The van der Waals surface area contributed by atoms with Crippen molar-refractivity contribution in [3.63, 3.8) is 0 Å². The van der Waals surface area contributed by atoms with Crippen molar-refractivity contribution in [2.75, 3.05) is 12.1 Å². The second-order valence-corrected chi connectivity index (χ2v) is 9.32. The SMILES string of the molecule is NS(=O)(=O)c1cccc(-c2ccc(NC(=O)C3(c4ccc5c(c4)OCO5)CC3)cc2)c1. The van der Waals surface area contributed by atoms with Crippen LogP contribution in [-0.2, 0) is 20.2 Å². The number of carbonyl (C=O) groups is 1. The molecule has 0 unspecified atom stereocenters. The first kappa shape index (κ1) is 19.6. The molecule has 0 radical (unpaired) electrons. The van der Waals surface area contributed by atoms with Gasteiger partial charge < -0.3 is 14.8 Å². The molecular formula is C23H20N2O5S. The summed E-state index contributed by atoms with van der Waals surface area (Å²) in [6.07, 6.45) is 1.55. The van der Waals surface area contributed by atoms with Gasteiger partial charge in [-0.1, -0.05) is 30.3 Å². The minimum Gasteiger partial charge on any atom is -0.454 e. The fraction of sp³-hybridized carbons (Fsp3) is 0.174. The van der Waals surface area contributed by atoms with Crippen LogP contribution in [0.5, 0.6) is 11.5 Å². The normalized spacial score (nSPS) is 16.0. The number of nitrogens with one attached hydrogen (secondary N) is 1. The number of carbonyl (C=O) groups excluding carboxylic acids is 1. The van der Waals surface area contributed by atoms with E-state index in [-0.39, 0.29) is 17.6 Å². The molecular weight excluding hydrogens is 416 g/mol. The smallest absolute Gasteiger partial charge is 0.238 e. The summed E-state index contributed by atoms with van der Waals surface area (Å²) in [6.45, 7) is 0.199. The maximum Gasteiger partial charge on any atom is 0.238 e. The standard InChI is InChI=1S/C23H20N2O5S/c24-31(27,28)19-3-1-2-16(12-19)15-4-7-18(8-5-15)25-22(26)23(10-11-23)17-6-9-20-21(13-17)30-14-29-20/h1-9,12-13H,10-11,14H2,(H,25,26)(H2,24,27,28). The third kappa shape index (κ3) is 3.64. The van der Waals surface area contributed by atoms with Gasteiger partial charge in [0.25, 0.3) is 0 Å². The summed E-state index contributed by atoms with van der Waals surface area (Å²) in [5.41, 5.74) is 2.58. The number of amides is 1. The topological polar surface area (TPSA) is 108 Å². The highest BCUT2D eigenvalue weighted by atomic mass is 32.2. The Balaban J connectivity index is 1.34. The molecule has 1 heterocycles. The van der Waals surface area contributed by atoms with Gasteiger partial charge in [-0.2, -0.15) is 0 Å². The lowest BCUT2D eigenvalue weighted by Gasteiger charge is -2.16. The second-order valence-electron chi connectivity index (χ2n) is 7.75. The summed E-state index contributed by atoms with van der Waals surface area (Å²) in [4.78, 5) is 13.1. The predicted molar refractivity (Wildman–Crippen MR) is 115 cm³/mol. The molecule has 0 spiro atoms. The lowest BCUT2D eigenvalue weighted by Crippen LogP contribution is -2.27. The number of rotatable bonds is 5. The number of benzene rings is 3. The van der Waals surface area contributed by atoms with Crippen LogP contribution in [-0.4, -0.2) is 21.1 Å². The molecule has 3 aromatic rings. The molecule has 5 rings (SSSR count). The van der Waals surface area contributed by atoms with Crippen molar-refractivity contribution in [1.82, 2.24) is 0 Å². The minimum atomic E-state index is -3.77. The first-order chi connectivity index (χ1) is 14.8. The van der Waals surface area contributed by atoms with E-state index in [9.17, 15) is 13.2 Å². The van der Waals surface area contributed by atoms with E-state index in [1.165, 1.54) is 12.1 Å². The quantitative estimate of drug-likeness (QED) is 0.637. The van der Waals surface area contributed by atoms with Crippen LogP contribution in [0, 0.1) is 0 Å². The molecule has 1 saturated carbocycles. The van der Waals surface area contributed by atoms with E-state index in [0.717, 1.165) is 29.5 Å². The van der Waals surface area contributed by atoms with Crippen molar-refractivity contribution < 1.29 is 22.7 Å². The lowest BCUT2D eigenvalue weighted by molar-refractivity contribution is -0.118. The number of ether oxygens (including phenoxy) is 2. The molecule has 0 atom stereocenters. The van der Waals surface area contributed by atoms with Crippen molar-refractivity contribution in [3.05, 3.63) is 72.3 Å². The van der Waals surface area contributed by atoms with Gasteiger partial charge in [0.1, 0.15) is 0 Å². The largest absolute Gasteiger partial charge is 0.454 e. The Labute approximate surface area is 179 Å². The molecule has 0 saturated heterocycles. The molecule has 7 nitrogen and oxygen atoms in total. The van der Waals surface area contributed by atoms with Crippen LogP contribution in [0.2, 0.25) is 0 Å². The van der Waals surface area contributed by atoms with Gasteiger partial charge in [-0.05, 0) is 65.9 Å². The molecule has 2 aliphatic rings. The van der Waals surface area contributed by atoms with Crippen molar-refractivity contribution in [3.8, 4) is 22.6 Å². The molecule has 8 heteroatoms. The minimum absolute atomic E-state index is 0.0572. The Morgan fingerprint density at radius 2 is 1.65 bits per heavy atom. The van der Waals surface area contributed by atoms with E-state index in [2.05, 4.69) is 5.32 Å². The zero-order chi connectivity index (χ0) is 21.6. The van der Waals surface area contributed by atoms with E-state index < -0.39 is 15.4 Å². The van der Waals surface area contributed by atoms with Crippen LogP contribution >= 0.6 is 0 Å². The van der Waals surface area contributed by atoms with Crippen LogP contribution in [0.25, 0.3) is 11.1 Å². The van der Waals surface area contributed by atoms with Gasteiger partial charge in [0.05, 0.1) is 10.3 Å². The Morgan fingerprint density at radius 3 is 2.35 bits per heavy atom. The molecule has 3 aromatic carbocycles. The summed E-state index contributed by atoms with van der Waals surface area (Å²) in [6, 6.07) is 19.3.